The summed E-state index contributed by atoms with van der Waals surface area (Å²) in [6.07, 6.45) is 3.05. The van der Waals surface area contributed by atoms with Crippen LogP contribution in [0.4, 0.5) is 10.5 Å². The molecule has 0 radical (unpaired) electrons. The van der Waals surface area contributed by atoms with Crippen molar-refractivity contribution >= 4 is 41.7 Å². The molecule has 1 unspecified atom stereocenters. The molecule has 4 nitrogen and oxygen atoms in total. The lowest BCUT2D eigenvalue weighted by Crippen LogP contribution is -2.43. The van der Waals surface area contributed by atoms with Crippen LogP contribution < -0.4 is 20.8 Å². The molecule has 1 aliphatic heterocycles. The molecular weight excluding hydrogens is 477 g/mol. The molecule has 0 saturated heterocycles. The standard InChI is InChI=1S/C18H15P.C14H17NO3/c1-4-10-16(11-5-1)19(17-12-6-2-7-13-17)18-14-8-3-9-15-18;1-3-17-13-10-9-11-7-5-6-8-12(11)15(13)14(16)18-4-2/h1-15H;5-10,13H,3-4H2,1-2H3. The first-order chi connectivity index (χ1) is 18.2. The fraction of sp³-hybridized carbons (Fsp3) is 0.156. The van der Waals surface area contributed by atoms with Gasteiger partial charge in [0.05, 0.1) is 12.3 Å². The third-order valence-electron chi connectivity index (χ3n) is 5.74. The Morgan fingerprint density at radius 2 is 1.19 bits per heavy atom. The third-order valence-corrected chi connectivity index (χ3v) is 8.18. The second kappa shape index (κ2) is 13.5. The number of anilines is 1. The van der Waals surface area contributed by atoms with Crippen LogP contribution in [0.25, 0.3) is 6.08 Å². The molecule has 1 atom stereocenters. The number of rotatable bonds is 6. The molecule has 188 valence electrons. The van der Waals surface area contributed by atoms with Crippen molar-refractivity contribution in [2.75, 3.05) is 18.1 Å². The molecule has 37 heavy (non-hydrogen) atoms. The van der Waals surface area contributed by atoms with Crippen LogP contribution in [-0.2, 0) is 9.47 Å². The van der Waals surface area contributed by atoms with Gasteiger partial charge in [-0.1, -0.05) is 115 Å². The molecule has 0 spiro atoms. The Hall–Kier alpha value is -3.72. The normalized spacial score (nSPS) is 13.9. The molecule has 0 aromatic heterocycles. The maximum atomic E-state index is 12.0. The summed E-state index contributed by atoms with van der Waals surface area (Å²) in [5.41, 5.74) is 1.80. The molecule has 0 fully saturated rings. The van der Waals surface area contributed by atoms with Gasteiger partial charge in [-0.05, 0) is 55.4 Å². The van der Waals surface area contributed by atoms with Gasteiger partial charge >= 0.3 is 6.09 Å². The second-order valence-corrected chi connectivity index (χ2v) is 10.4. The maximum absolute atomic E-state index is 12.0. The molecule has 0 saturated carbocycles. The van der Waals surface area contributed by atoms with Crippen LogP contribution in [0.3, 0.4) is 0 Å². The van der Waals surface area contributed by atoms with Crippen LogP contribution in [0, 0.1) is 0 Å². The van der Waals surface area contributed by atoms with E-state index in [2.05, 4.69) is 91.0 Å². The van der Waals surface area contributed by atoms with Crippen molar-refractivity contribution in [1.82, 2.24) is 0 Å². The van der Waals surface area contributed by atoms with Crippen molar-refractivity contribution in [2.24, 2.45) is 0 Å². The zero-order valence-corrected chi connectivity index (χ0v) is 22.1. The van der Waals surface area contributed by atoms with E-state index in [1.54, 1.807) is 11.8 Å². The monoisotopic (exact) mass is 509 g/mol. The first-order valence-electron chi connectivity index (χ1n) is 12.5. The summed E-state index contributed by atoms with van der Waals surface area (Å²) < 4.78 is 10.6. The largest absolute Gasteiger partial charge is 0.449 e. The third kappa shape index (κ3) is 6.74. The number of carbonyl (C=O) groups is 1. The smallest absolute Gasteiger partial charge is 0.416 e. The van der Waals surface area contributed by atoms with Gasteiger partial charge in [0.15, 0.2) is 6.23 Å². The number of fused-ring (bicyclic) bond motifs is 1. The zero-order valence-electron chi connectivity index (χ0n) is 21.2. The molecule has 0 bridgehead atoms. The number of benzene rings is 4. The average molecular weight is 510 g/mol. The minimum absolute atomic E-state index is 0.347. The number of hydrogen-bond donors (Lipinski definition) is 0. The number of amides is 1. The van der Waals surface area contributed by atoms with Crippen LogP contribution in [-0.4, -0.2) is 25.5 Å². The van der Waals surface area contributed by atoms with Crippen LogP contribution in [0.5, 0.6) is 0 Å². The van der Waals surface area contributed by atoms with Gasteiger partial charge in [-0.25, -0.2) is 9.69 Å². The predicted molar refractivity (Wildman–Crippen MR) is 156 cm³/mol. The van der Waals surface area contributed by atoms with E-state index in [9.17, 15) is 4.79 Å². The molecule has 4 aromatic rings. The van der Waals surface area contributed by atoms with E-state index in [1.807, 2.05) is 43.3 Å². The molecule has 0 aliphatic carbocycles. The highest BCUT2D eigenvalue weighted by atomic mass is 31.1. The van der Waals surface area contributed by atoms with Gasteiger partial charge in [0, 0.05) is 6.61 Å². The van der Waals surface area contributed by atoms with E-state index < -0.39 is 14.1 Å². The van der Waals surface area contributed by atoms with E-state index in [-0.39, 0.29) is 6.09 Å². The summed E-state index contributed by atoms with van der Waals surface area (Å²) in [4.78, 5) is 13.6. The Morgan fingerprint density at radius 3 is 1.68 bits per heavy atom. The Bertz CT molecular complexity index is 1190. The Labute approximate surface area is 220 Å². The highest BCUT2D eigenvalue weighted by Crippen LogP contribution is 2.32. The van der Waals surface area contributed by atoms with Crippen molar-refractivity contribution in [3.8, 4) is 0 Å². The van der Waals surface area contributed by atoms with E-state index in [1.165, 1.54) is 15.9 Å². The van der Waals surface area contributed by atoms with Crippen molar-refractivity contribution in [3.63, 3.8) is 0 Å². The summed E-state index contributed by atoms with van der Waals surface area (Å²) in [6.45, 7) is 4.57. The van der Waals surface area contributed by atoms with E-state index >= 15 is 0 Å². The molecule has 1 aliphatic rings. The highest BCUT2D eigenvalue weighted by molar-refractivity contribution is 7.79. The number of nitrogens with zero attached hydrogens (tertiary/aromatic N) is 1. The number of para-hydroxylation sites is 1. The van der Waals surface area contributed by atoms with Gasteiger partial charge in [-0.3, -0.25) is 0 Å². The first kappa shape index (κ1) is 26.3. The van der Waals surface area contributed by atoms with Crippen LogP contribution in [0.1, 0.15) is 19.4 Å². The van der Waals surface area contributed by atoms with Crippen molar-refractivity contribution in [2.45, 2.75) is 20.1 Å². The summed E-state index contributed by atoms with van der Waals surface area (Å²) in [5.74, 6) is 0. The summed E-state index contributed by atoms with van der Waals surface area (Å²) >= 11 is 0. The molecule has 0 N–H and O–H groups in total. The first-order valence-corrected chi connectivity index (χ1v) is 13.9. The quantitative estimate of drug-likeness (QED) is 0.279. The summed E-state index contributed by atoms with van der Waals surface area (Å²) in [7, 11) is -0.446. The number of carbonyl (C=O) groups excluding carboxylic acids is 1. The Kier molecular flexibility index (Phi) is 9.65. The van der Waals surface area contributed by atoms with Gasteiger partial charge in [0.25, 0.3) is 0 Å². The van der Waals surface area contributed by atoms with E-state index in [0.717, 1.165) is 11.3 Å². The van der Waals surface area contributed by atoms with Gasteiger partial charge < -0.3 is 9.47 Å². The van der Waals surface area contributed by atoms with Crippen LogP contribution >= 0.6 is 7.92 Å². The molecular formula is C32H32NO3P. The summed E-state index contributed by atoms with van der Waals surface area (Å²) in [5, 5.41) is 4.19. The molecule has 1 heterocycles. The van der Waals surface area contributed by atoms with Gasteiger partial charge in [0.1, 0.15) is 0 Å². The topological polar surface area (TPSA) is 38.8 Å². The van der Waals surface area contributed by atoms with Gasteiger partial charge in [-0.15, -0.1) is 0 Å². The van der Waals surface area contributed by atoms with Crippen LogP contribution in [0.2, 0.25) is 0 Å². The van der Waals surface area contributed by atoms with Crippen molar-refractivity contribution < 1.29 is 14.3 Å². The predicted octanol–water partition coefficient (Wildman–Crippen LogP) is 6.48. The van der Waals surface area contributed by atoms with Gasteiger partial charge in [-0.2, -0.15) is 0 Å². The molecule has 4 aromatic carbocycles. The SMILES string of the molecule is CCOC(=O)N1c2ccccc2C=CC1OCC.c1ccc(P(c2ccccc2)c2ccccc2)cc1. The minimum Gasteiger partial charge on any atom is -0.449 e. The van der Waals surface area contributed by atoms with Crippen molar-refractivity contribution in [1.29, 1.82) is 0 Å². The summed E-state index contributed by atoms with van der Waals surface area (Å²) in [6, 6.07) is 40.0. The van der Waals surface area contributed by atoms with Crippen molar-refractivity contribution in [3.05, 3.63) is 127 Å². The zero-order chi connectivity index (χ0) is 25.9. The van der Waals surface area contributed by atoms with Gasteiger partial charge in [0.2, 0.25) is 0 Å². The fourth-order valence-electron chi connectivity index (χ4n) is 4.13. The Balaban J connectivity index is 0.000000173. The lowest BCUT2D eigenvalue weighted by atomic mass is 10.1. The van der Waals surface area contributed by atoms with E-state index in [4.69, 9.17) is 9.47 Å². The lowest BCUT2D eigenvalue weighted by molar-refractivity contribution is 0.0830. The second-order valence-electron chi connectivity index (χ2n) is 8.17. The lowest BCUT2D eigenvalue weighted by Gasteiger charge is -2.32. The molecule has 5 rings (SSSR count). The van der Waals surface area contributed by atoms with Crippen LogP contribution in [0.15, 0.2) is 121 Å². The maximum Gasteiger partial charge on any atom is 0.416 e. The molecule has 5 heteroatoms. The fourth-order valence-corrected chi connectivity index (χ4v) is 6.44. The average Bonchev–Trinajstić information content (AvgIpc) is 2.95. The highest BCUT2D eigenvalue weighted by Gasteiger charge is 2.29. The number of ether oxygens (including phenoxy) is 2. The van der Waals surface area contributed by atoms with E-state index in [0.29, 0.717) is 13.2 Å². The molecule has 1 amide bonds. The number of hydrogen-bond acceptors (Lipinski definition) is 3. The Morgan fingerprint density at radius 1 is 0.703 bits per heavy atom. The minimum atomic E-state index is -0.446.